The molecule has 0 bridgehead atoms. The van der Waals surface area contributed by atoms with E-state index in [-0.39, 0.29) is 0 Å². The molecular formula is C13H18N4. The van der Waals surface area contributed by atoms with Crippen molar-refractivity contribution in [3.05, 3.63) is 48.5 Å². The van der Waals surface area contributed by atoms with Crippen molar-refractivity contribution in [3.63, 3.8) is 0 Å². The van der Waals surface area contributed by atoms with Crippen LogP contribution in [0.1, 0.15) is 24.9 Å². The molecule has 1 unspecified atom stereocenters. The highest BCUT2D eigenvalue weighted by molar-refractivity contribution is 5.12. The molecule has 0 amide bonds. The highest BCUT2D eigenvalue weighted by Crippen LogP contribution is 2.09. The topological polar surface area (TPSA) is 42.7 Å². The van der Waals surface area contributed by atoms with Gasteiger partial charge in [0.2, 0.25) is 0 Å². The van der Waals surface area contributed by atoms with Crippen molar-refractivity contribution in [2.24, 2.45) is 0 Å². The Morgan fingerprint density at radius 1 is 1.35 bits per heavy atom. The molecule has 0 aromatic carbocycles. The van der Waals surface area contributed by atoms with Crippen LogP contribution in [0.15, 0.2) is 43.0 Å². The molecule has 0 fully saturated rings. The zero-order valence-electron chi connectivity index (χ0n) is 10.1. The van der Waals surface area contributed by atoms with Gasteiger partial charge in [-0.25, -0.2) is 0 Å². The van der Waals surface area contributed by atoms with Gasteiger partial charge < -0.3 is 5.32 Å². The fraction of sp³-hybridized carbons (Fsp3) is 0.385. The van der Waals surface area contributed by atoms with Crippen LogP contribution in [0.25, 0.3) is 0 Å². The number of aryl methyl sites for hydroxylation is 1. The van der Waals surface area contributed by atoms with E-state index in [0.717, 1.165) is 19.5 Å². The van der Waals surface area contributed by atoms with Crippen molar-refractivity contribution >= 4 is 0 Å². The largest absolute Gasteiger partial charge is 0.310 e. The van der Waals surface area contributed by atoms with Gasteiger partial charge in [-0.05, 0) is 37.6 Å². The molecule has 0 radical (unpaired) electrons. The third-order valence-corrected chi connectivity index (χ3v) is 2.76. The number of pyridine rings is 1. The number of aromatic nitrogens is 3. The Labute approximate surface area is 102 Å². The molecule has 0 aliphatic rings. The molecule has 0 spiro atoms. The molecule has 2 aromatic heterocycles. The first-order valence-electron chi connectivity index (χ1n) is 5.97. The molecule has 0 aliphatic heterocycles. The molecular weight excluding hydrogens is 212 g/mol. The summed E-state index contributed by atoms with van der Waals surface area (Å²) in [6.07, 6.45) is 8.58. The van der Waals surface area contributed by atoms with Crippen LogP contribution in [0, 0.1) is 0 Å². The first-order chi connectivity index (χ1) is 8.36. The van der Waals surface area contributed by atoms with E-state index in [4.69, 9.17) is 0 Å². The van der Waals surface area contributed by atoms with Gasteiger partial charge >= 0.3 is 0 Å². The van der Waals surface area contributed by atoms with Crippen LogP contribution >= 0.6 is 0 Å². The Morgan fingerprint density at radius 3 is 3.00 bits per heavy atom. The van der Waals surface area contributed by atoms with Crippen molar-refractivity contribution in [1.82, 2.24) is 20.1 Å². The monoisotopic (exact) mass is 230 g/mol. The summed E-state index contributed by atoms with van der Waals surface area (Å²) in [5.41, 5.74) is 1.23. The maximum Gasteiger partial charge on any atom is 0.0489 e. The Bertz CT molecular complexity index is 410. The summed E-state index contributed by atoms with van der Waals surface area (Å²) in [4.78, 5) is 4.12. The molecule has 2 heterocycles. The van der Waals surface area contributed by atoms with Crippen LogP contribution < -0.4 is 5.32 Å². The van der Waals surface area contributed by atoms with E-state index in [9.17, 15) is 0 Å². The molecule has 4 heteroatoms. The zero-order chi connectivity index (χ0) is 11.9. The number of nitrogens with one attached hydrogen (secondary N) is 1. The molecule has 90 valence electrons. The van der Waals surface area contributed by atoms with Gasteiger partial charge in [-0.1, -0.05) is 6.07 Å². The minimum absolute atomic E-state index is 0.348. The van der Waals surface area contributed by atoms with Crippen LogP contribution in [0.3, 0.4) is 0 Å². The fourth-order valence-electron chi connectivity index (χ4n) is 1.74. The molecule has 2 aromatic rings. The third kappa shape index (κ3) is 3.67. The second-order valence-electron chi connectivity index (χ2n) is 4.08. The van der Waals surface area contributed by atoms with E-state index in [0.29, 0.717) is 6.04 Å². The Kier molecular flexibility index (Phi) is 4.27. The predicted octanol–water partition coefficient (Wildman–Crippen LogP) is 2.02. The Hall–Kier alpha value is -1.68. The molecule has 2 rings (SSSR count). The number of rotatable bonds is 6. The maximum atomic E-state index is 4.17. The minimum atomic E-state index is 0.348. The van der Waals surface area contributed by atoms with Crippen molar-refractivity contribution in [2.75, 3.05) is 6.54 Å². The second-order valence-corrected chi connectivity index (χ2v) is 4.08. The number of hydrogen-bond acceptors (Lipinski definition) is 3. The van der Waals surface area contributed by atoms with Gasteiger partial charge in [0.25, 0.3) is 0 Å². The lowest BCUT2D eigenvalue weighted by Gasteiger charge is -2.13. The van der Waals surface area contributed by atoms with Gasteiger partial charge in [0.05, 0.1) is 0 Å². The smallest absolute Gasteiger partial charge is 0.0489 e. The fourth-order valence-corrected chi connectivity index (χ4v) is 1.74. The first-order valence-corrected chi connectivity index (χ1v) is 5.97. The van der Waals surface area contributed by atoms with E-state index in [2.05, 4.69) is 28.4 Å². The predicted molar refractivity (Wildman–Crippen MR) is 67.5 cm³/mol. The Morgan fingerprint density at radius 2 is 2.29 bits per heavy atom. The lowest BCUT2D eigenvalue weighted by Crippen LogP contribution is -2.21. The van der Waals surface area contributed by atoms with Crippen LogP contribution in [-0.4, -0.2) is 21.3 Å². The van der Waals surface area contributed by atoms with Crippen LogP contribution in [0.2, 0.25) is 0 Å². The summed E-state index contributed by atoms with van der Waals surface area (Å²) < 4.78 is 1.95. The summed E-state index contributed by atoms with van der Waals surface area (Å²) in [5, 5.41) is 7.65. The van der Waals surface area contributed by atoms with Crippen molar-refractivity contribution in [1.29, 1.82) is 0 Å². The molecule has 4 nitrogen and oxygen atoms in total. The van der Waals surface area contributed by atoms with E-state index in [1.165, 1.54) is 5.56 Å². The molecule has 17 heavy (non-hydrogen) atoms. The van der Waals surface area contributed by atoms with Gasteiger partial charge in [-0.3, -0.25) is 9.67 Å². The summed E-state index contributed by atoms with van der Waals surface area (Å²) in [7, 11) is 0. The summed E-state index contributed by atoms with van der Waals surface area (Å²) >= 11 is 0. The van der Waals surface area contributed by atoms with E-state index >= 15 is 0 Å². The number of hydrogen-bond donors (Lipinski definition) is 1. The molecule has 0 saturated carbocycles. The molecule has 0 saturated heterocycles. The number of nitrogens with zero attached hydrogens (tertiary/aromatic N) is 3. The van der Waals surface area contributed by atoms with Gasteiger partial charge in [-0.2, -0.15) is 5.10 Å². The van der Waals surface area contributed by atoms with E-state index in [1.807, 2.05) is 35.4 Å². The van der Waals surface area contributed by atoms with Crippen LogP contribution in [0.4, 0.5) is 0 Å². The van der Waals surface area contributed by atoms with Gasteiger partial charge in [-0.15, -0.1) is 0 Å². The minimum Gasteiger partial charge on any atom is -0.310 e. The van der Waals surface area contributed by atoms with E-state index in [1.54, 1.807) is 6.20 Å². The second kappa shape index (κ2) is 6.15. The van der Waals surface area contributed by atoms with Crippen molar-refractivity contribution < 1.29 is 0 Å². The first kappa shape index (κ1) is 11.8. The Balaban J connectivity index is 1.68. The van der Waals surface area contributed by atoms with Gasteiger partial charge in [0, 0.05) is 37.4 Å². The molecule has 0 aliphatic carbocycles. The van der Waals surface area contributed by atoms with Gasteiger partial charge in [0.15, 0.2) is 0 Å². The lowest BCUT2D eigenvalue weighted by molar-refractivity contribution is 0.506. The average molecular weight is 230 g/mol. The van der Waals surface area contributed by atoms with Crippen LogP contribution in [-0.2, 0) is 6.54 Å². The third-order valence-electron chi connectivity index (χ3n) is 2.76. The quantitative estimate of drug-likeness (QED) is 0.772. The van der Waals surface area contributed by atoms with Gasteiger partial charge in [0.1, 0.15) is 0 Å². The highest BCUT2D eigenvalue weighted by Gasteiger charge is 2.03. The summed E-state index contributed by atoms with van der Waals surface area (Å²) in [6, 6.07) is 6.36. The zero-order valence-corrected chi connectivity index (χ0v) is 10.1. The molecule has 1 atom stereocenters. The average Bonchev–Trinajstić information content (AvgIpc) is 2.88. The maximum absolute atomic E-state index is 4.17. The van der Waals surface area contributed by atoms with Crippen LogP contribution in [0.5, 0.6) is 0 Å². The summed E-state index contributed by atoms with van der Waals surface area (Å²) in [6.45, 7) is 4.10. The van der Waals surface area contributed by atoms with E-state index < -0.39 is 0 Å². The van der Waals surface area contributed by atoms with Crippen molar-refractivity contribution in [2.45, 2.75) is 25.9 Å². The van der Waals surface area contributed by atoms with Crippen molar-refractivity contribution in [3.8, 4) is 0 Å². The highest BCUT2D eigenvalue weighted by atomic mass is 15.3. The lowest BCUT2D eigenvalue weighted by atomic mass is 10.1. The normalized spacial score (nSPS) is 12.5. The standard InChI is InChI=1S/C13H18N4/c1-12(13-5-2-6-14-11-13)15-7-3-9-17-10-4-8-16-17/h2,4-6,8,10-12,15H,3,7,9H2,1H3. The molecule has 1 N–H and O–H groups in total. The SMILES string of the molecule is CC(NCCCn1cccn1)c1cccnc1. The summed E-state index contributed by atoms with van der Waals surface area (Å²) in [5.74, 6) is 0.